The van der Waals surface area contributed by atoms with Gasteiger partial charge in [0.1, 0.15) is 18.2 Å². The molecule has 8 nitrogen and oxygen atoms in total. The third kappa shape index (κ3) is 5.94. The molecular formula is C24H27ClFN3O5S. The standard InChI is InChI=1S/C24H27ClFN3O5S/c1-15-2-3-16-10-22(15)34-9-8-27-23(30)12-19-6-7-20(13-28-24(16)31)29(19)35(32,33)14-17-4-5-18(25)11-21(17)26/h2-5,10-11,19-20H,6-9,12-14H2,1H3,(H,27,30)(H,28,31)/t19-,20+/m0/s1. The van der Waals surface area contributed by atoms with E-state index in [1.807, 2.05) is 6.92 Å². The molecule has 188 valence electrons. The number of carbonyl (C=O) groups is 2. The van der Waals surface area contributed by atoms with E-state index in [2.05, 4.69) is 10.6 Å². The van der Waals surface area contributed by atoms with E-state index in [0.717, 1.165) is 11.6 Å². The van der Waals surface area contributed by atoms with Crippen LogP contribution in [0.15, 0.2) is 36.4 Å². The second kappa shape index (κ2) is 10.5. The summed E-state index contributed by atoms with van der Waals surface area (Å²) in [5.74, 6) is -1.41. The molecule has 0 aliphatic carbocycles. The first-order chi connectivity index (χ1) is 16.6. The van der Waals surface area contributed by atoms with E-state index in [1.54, 1.807) is 18.2 Å². The number of sulfonamides is 1. The number of aryl methyl sites for hydroxylation is 1. The molecule has 35 heavy (non-hydrogen) atoms. The fraction of sp³-hybridized carbons (Fsp3) is 0.417. The minimum absolute atomic E-state index is 0.0116. The van der Waals surface area contributed by atoms with Crippen LogP contribution in [0.4, 0.5) is 4.39 Å². The lowest BCUT2D eigenvalue weighted by Crippen LogP contribution is -2.48. The van der Waals surface area contributed by atoms with Crippen LogP contribution in [0.2, 0.25) is 5.02 Å². The Bertz CT molecular complexity index is 1240. The van der Waals surface area contributed by atoms with Crippen molar-refractivity contribution in [1.29, 1.82) is 0 Å². The smallest absolute Gasteiger partial charge is 0.251 e. The fourth-order valence-corrected chi connectivity index (χ4v) is 6.74. The predicted molar refractivity (Wildman–Crippen MR) is 129 cm³/mol. The van der Waals surface area contributed by atoms with Crippen LogP contribution in [0.1, 0.15) is 40.7 Å². The van der Waals surface area contributed by atoms with Crippen molar-refractivity contribution in [3.63, 3.8) is 0 Å². The molecule has 2 heterocycles. The van der Waals surface area contributed by atoms with Crippen molar-refractivity contribution in [2.75, 3.05) is 19.7 Å². The van der Waals surface area contributed by atoms with E-state index in [-0.39, 0.29) is 48.5 Å². The second-order valence-corrected chi connectivity index (χ2v) is 11.1. The maximum Gasteiger partial charge on any atom is 0.251 e. The van der Waals surface area contributed by atoms with Gasteiger partial charge < -0.3 is 15.4 Å². The molecule has 0 saturated carbocycles. The normalized spacial score (nSPS) is 21.9. The molecule has 2 aliphatic heterocycles. The summed E-state index contributed by atoms with van der Waals surface area (Å²) in [6.45, 7) is 2.34. The van der Waals surface area contributed by atoms with Gasteiger partial charge in [-0.05, 0) is 49.6 Å². The van der Waals surface area contributed by atoms with Gasteiger partial charge in [-0.1, -0.05) is 23.7 Å². The Morgan fingerprint density at radius 1 is 1.11 bits per heavy atom. The summed E-state index contributed by atoms with van der Waals surface area (Å²) in [5, 5.41) is 5.74. The highest BCUT2D eigenvalue weighted by molar-refractivity contribution is 7.88. The van der Waals surface area contributed by atoms with Crippen LogP contribution in [0.25, 0.3) is 0 Å². The molecule has 2 atom stereocenters. The lowest BCUT2D eigenvalue weighted by Gasteiger charge is -2.29. The van der Waals surface area contributed by atoms with Crippen LogP contribution in [-0.2, 0) is 20.6 Å². The van der Waals surface area contributed by atoms with Crippen molar-refractivity contribution in [1.82, 2.24) is 14.9 Å². The minimum Gasteiger partial charge on any atom is -0.491 e. The van der Waals surface area contributed by atoms with Gasteiger partial charge in [0.25, 0.3) is 5.91 Å². The van der Waals surface area contributed by atoms with E-state index >= 15 is 0 Å². The third-order valence-electron chi connectivity index (χ3n) is 6.28. The molecule has 2 amide bonds. The zero-order chi connectivity index (χ0) is 25.2. The van der Waals surface area contributed by atoms with Gasteiger partial charge in [-0.3, -0.25) is 9.59 Å². The maximum atomic E-state index is 14.4. The number of fused-ring (bicyclic) bond motifs is 4. The maximum absolute atomic E-state index is 14.4. The van der Waals surface area contributed by atoms with Crippen LogP contribution in [0.3, 0.4) is 0 Å². The number of hydrogen-bond donors (Lipinski definition) is 2. The first-order valence-electron chi connectivity index (χ1n) is 11.4. The lowest BCUT2D eigenvalue weighted by molar-refractivity contribution is -0.121. The number of nitrogens with zero attached hydrogens (tertiary/aromatic N) is 1. The van der Waals surface area contributed by atoms with Crippen LogP contribution in [0.5, 0.6) is 5.75 Å². The molecule has 0 radical (unpaired) electrons. The number of carbonyl (C=O) groups excluding carboxylic acids is 2. The molecular weight excluding hydrogens is 497 g/mol. The summed E-state index contributed by atoms with van der Waals surface area (Å²) in [5.41, 5.74) is 1.22. The van der Waals surface area contributed by atoms with Crippen molar-refractivity contribution < 1.29 is 27.1 Å². The van der Waals surface area contributed by atoms with Crippen molar-refractivity contribution in [3.8, 4) is 5.75 Å². The van der Waals surface area contributed by atoms with Gasteiger partial charge in [-0.25, -0.2) is 12.8 Å². The lowest BCUT2D eigenvalue weighted by atomic mass is 10.1. The number of halogens is 2. The van der Waals surface area contributed by atoms with Gasteiger partial charge in [0.05, 0.1) is 12.3 Å². The SMILES string of the molecule is Cc1ccc2cc1OCCNC(=O)C[C@@H]1CC[C@H](CNC2=O)N1S(=O)(=O)Cc1ccc(Cl)cc1F. The second-order valence-electron chi connectivity index (χ2n) is 8.80. The molecule has 0 aromatic heterocycles. The fourth-order valence-electron chi connectivity index (χ4n) is 4.53. The Balaban J connectivity index is 1.62. The third-order valence-corrected chi connectivity index (χ3v) is 8.43. The average Bonchev–Trinajstić information content (AvgIpc) is 3.20. The summed E-state index contributed by atoms with van der Waals surface area (Å²) >= 11 is 5.80. The highest BCUT2D eigenvalue weighted by atomic mass is 35.5. The van der Waals surface area contributed by atoms with Crippen LogP contribution in [-0.4, -0.2) is 56.3 Å². The zero-order valence-corrected chi connectivity index (χ0v) is 20.8. The van der Waals surface area contributed by atoms with Crippen molar-refractivity contribution in [3.05, 3.63) is 63.9 Å². The van der Waals surface area contributed by atoms with Crippen molar-refractivity contribution in [2.24, 2.45) is 0 Å². The Kier molecular flexibility index (Phi) is 7.63. The van der Waals surface area contributed by atoms with E-state index in [1.165, 1.54) is 16.4 Å². The Morgan fingerprint density at radius 2 is 1.89 bits per heavy atom. The Hall–Kier alpha value is -2.69. The molecule has 2 N–H and O–H groups in total. The molecule has 4 rings (SSSR count). The van der Waals surface area contributed by atoms with Gasteiger partial charge in [-0.15, -0.1) is 0 Å². The topological polar surface area (TPSA) is 105 Å². The summed E-state index contributed by atoms with van der Waals surface area (Å²) in [7, 11) is -4.03. The molecule has 1 fully saturated rings. The van der Waals surface area contributed by atoms with Gasteiger partial charge in [-0.2, -0.15) is 4.31 Å². The number of rotatable bonds is 3. The van der Waals surface area contributed by atoms with Crippen LogP contribution < -0.4 is 15.4 Å². The highest BCUT2D eigenvalue weighted by Gasteiger charge is 2.42. The largest absolute Gasteiger partial charge is 0.491 e. The quantitative estimate of drug-likeness (QED) is 0.643. The van der Waals surface area contributed by atoms with E-state index < -0.39 is 33.7 Å². The average molecular weight is 524 g/mol. The summed E-state index contributed by atoms with van der Waals surface area (Å²) in [6, 6.07) is 7.74. The molecule has 0 unspecified atom stereocenters. The molecule has 2 aromatic rings. The first kappa shape index (κ1) is 25.4. The molecule has 0 spiro atoms. The molecule has 2 aromatic carbocycles. The first-order valence-corrected chi connectivity index (χ1v) is 13.4. The van der Waals surface area contributed by atoms with E-state index in [0.29, 0.717) is 24.2 Å². The van der Waals surface area contributed by atoms with Gasteiger partial charge >= 0.3 is 0 Å². The molecule has 1 saturated heterocycles. The summed E-state index contributed by atoms with van der Waals surface area (Å²) < 4.78 is 48.3. The van der Waals surface area contributed by atoms with Gasteiger partial charge in [0.2, 0.25) is 15.9 Å². The Morgan fingerprint density at radius 3 is 2.66 bits per heavy atom. The molecule has 11 heteroatoms. The monoisotopic (exact) mass is 523 g/mol. The van der Waals surface area contributed by atoms with Crippen molar-refractivity contribution >= 4 is 33.4 Å². The highest BCUT2D eigenvalue weighted by Crippen LogP contribution is 2.32. The van der Waals surface area contributed by atoms with Gasteiger partial charge in [0.15, 0.2) is 0 Å². The minimum atomic E-state index is -4.03. The number of nitrogens with one attached hydrogen (secondary N) is 2. The number of amides is 2. The van der Waals surface area contributed by atoms with Crippen molar-refractivity contribution in [2.45, 2.75) is 44.0 Å². The van der Waals surface area contributed by atoms with Gasteiger partial charge in [0, 0.05) is 41.2 Å². The molecule has 4 bridgehead atoms. The predicted octanol–water partition coefficient (Wildman–Crippen LogP) is 2.78. The summed E-state index contributed by atoms with van der Waals surface area (Å²) in [4.78, 5) is 25.4. The van der Waals surface area contributed by atoms with Crippen LogP contribution >= 0.6 is 11.6 Å². The Labute approximate surface area is 208 Å². The van der Waals surface area contributed by atoms with Crippen LogP contribution in [0, 0.1) is 12.7 Å². The van der Waals surface area contributed by atoms with E-state index in [4.69, 9.17) is 16.3 Å². The summed E-state index contributed by atoms with van der Waals surface area (Å²) in [6.07, 6.45) is 0.865. The number of ether oxygens (including phenoxy) is 1. The zero-order valence-electron chi connectivity index (χ0n) is 19.2. The number of benzene rings is 2. The number of hydrogen-bond acceptors (Lipinski definition) is 5. The molecule has 2 aliphatic rings. The van der Waals surface area contributed by atoms with E-state index in [9.17, 15) is 22.4 Å².